The number of hydrogen-bond acceptors (Lipinski definition) is 4. The van der Waals surface area contributed by atoms with Crippen LogP contribution >= 0.6 is 0 Å². The molecule has 0 amide bonds. The summed E-state index contributed by atoms with van der Waals surface area (Å²) in [4.78, 5) is 10.6. The largest absolute Gasteiger partial charge is 0.486 e. The molecule has 18 heavy (non-hydrogen) atoms. The van der Waals surface area contributed by atoms with Crippen LogP contribution in [0.25, 0.3) is 0 Å². The van der Waals surface area contributed by atoms with E-state index < -0.39 is 5.97 Å². The van der Waals surface area contributed by atoms with Crippen molar-refractivity contribution in [2.45, 2.75) is 19.4 Å². The molecule has 1 N–H and O–H groups in total. The van der Waals surface area contributed by atoms with Gasteiger partial charge in [-0.1, -0.05) is 12.1 Å². The molecule has 0 bridgehead atoms. The third-order valence-corrected chi connectivity index (χ3v) is 2.76. The van der Waals surface area contributed by atoms with Gasteiger partial charge in [0.25, 0.3) is 0 Å². The van der Waals surface area contributed by atoms with Crippen LogP contribution in [0.5, 0.6) is 11.5 Å². The first-order chi connectivity index (χ1) is 8.72. The number of rotatable bonds is 5. The first-order valence-electron chi connectivity index (χ1n) is 5.83. The molecule has 1 aliphatic heterocycles. The normalized spacial score (nSPS) is 13.4. The molecule has 1 aromatic rings. The summed E-state index contributed by atoms with van der Waals surface area (Å²) in [5.41, 5.74) is 1.79. The van der Waals surface area contributed by atoms with E-state index in [1.165, 1.54) is 0 Å². The molecule has 98 valence electrons. The van der Waals surface area contributed by atoms with E-state index in [9.17, 15) is 4.79 Å². The van der Waals surface area contributed by atoms with E-state index in [2.05, 4.69) is 0 Å². The van der Waals surface area contributed by atoms with E-state index in [-0.39, 0.29) is 6.42 Å². The second-order valence-electron chi connectivity index (χ2n) is 4.07. The molecule has 0 saturated heterocycles. The van der Waals surface area contributed by atoms with Gasteiger partial charge in [0.15, 0.2) is 11.5 Å². The lowest BCUT2D eigenvalue weighted by Crippen LogP contribution is -2.18. The number of aliphatic carboxylic acids is 1. The Morgan fingerprint density at radius 2 is 1.89 bits per heavy atom. The predicted octanol–water partition coefficient (Wildman–Crippen LogP) is 1.62. The molecule has 0 saturated carbocycles. The quantitative estimate of drug-likeness (QED) is 0.862. The fourth-order valence-corrected chi connectivity index (χ4v) is 1.96. The molecule has 0 fully saturated rings. The van der Waals surface area contributed by atoms with Crippen LogP contribution in [0.4, 0.5) is 0 Å². The van der Waals surface area contributed by atoms with Gasteiger partial charge in [-0.05, 0) is 12.0 Å². The maximum atomic E-state index is 10.6. The average Bonchev–Trinajstić information content (AvgIpc) is 2.38. The molecule has 0 spiro atoms. The lowest BCUT2D eigenvalue weighted by Gasteiger charge is -2.23. The summed E-state index contributed by atoms with van der Waals surface area (Å²) in [5, 5.41) is 8.73. The van der Waals surface area contributed by atoms with Gasteiger partial charge in [0, 0.05) is 19.1 Å². The number of carbonyl (C=O) groups is 1. The van der Waals surface area contributed by atoms with Gasteiger partial charge in [0.1, 0.15) is 13.2 Å². The van der Waals surface area contributed by atoms with E-state index in [1.54, 1.807) is 7.11 Å². The fraction of sp³-hybridized carbons (Fsp3) is 0.462. The van der Waals surface area contributed by atoms with Gasteiger partial charge in [-0.2, -0.15) is 0 Å². The Labute approximate surface area is 105 Å². The zero-order valence-electron chi connectivity index (χ0n) is 10.3. The number of fused-ring (bicyclic) bond motifs is 1. The van der Waals surface area contributed by atoms with Crippen LogP contribution in [0.2, 0.25) is 0 Å². The number of benzene rings is 1. The third kappa shape index (κ3) is 2.73. The topological polar surface area (TPSA) is 65.0 Å². The molecule has 0 aromatic heterocycles. The Hall–Kier alpha value is -1.75. The van der Waals surface area contributed by atoms with Crippen LogP contribution in [0.15, 0.2) is 12.1 Å². The van der Waals surface area contributed by atoms with Gasteiger partial charge in [-0.25, -0.2) is 0 Å². The number of carboxylic acids is 1. The van der Waals surface area contributed by atoms with Crippen LogP contribution in [-0.2, 0) is 22.6 Å². The molecule has 0 atom stereocenters. The van der Waals surface area contributed by atoms with E-state index in [1.807, 2.05) is 12.1 Å². The number of ether oxygens (including phenoxy) is 3. The van der Waals surface area contributed by atoms with Crippen molar-refractivity contribution in [1.29, 1.82) is 0 Å². The number of hydrogen-bond donors (Lipinski definition) is 1. The standard InChI is InChI=1S/C13H16O5/c1-16-8-10-3-2-9(4-5-11(14)15)12-13(10)18-7-6-17-12/h2-3H,4-8H2,1H3,(H,14,15). The first kappa shape index (κ1) is 12.7. The van der Waals surface area contributed by atoms with Gasteiger partial charge in [-0.3, -0.25) is 4.79 Å². The zero-order chi connectivity index (χ0) is 13.0. The summed E-state index contributed by atoms with van der Waals surface area (Å²) in [6, 6.07) is 3.78. The summed E-state index contributed by atoms with van der Waals surface area (Å²) in [6.45, 7) is 1.44. The number of methoxy groups -OCH3 is 1. The van der Waals surface area contributed by atoms with Crippen LogP contribution in [0.1, 0.15) is 17.5 Å². The smallest absolute Gasteiger partial charge is 0.303 e. The monoisotopic (exact) mass is 252 g/mol. The van der Waals surface area contributed by atoms with Gasteiger partial charge >= 0.3 is 5.97 Å². The van der Waals surface area contributed by atoms with Crippen molar-refractivity contribution in [3.8, 4) is 11.5 Å². The van der Waals surface area contributed by atoms with Crippen LogP contribution in [-0.4, -0.2) is 31.4 Å². The van der Waals surface area contributed by atoms with Crippen molar-refractivity contribution in [2.24, 2.45) is 0 Å². The summed E-state index contributed by atoms with van der Waals surface area (Å²) in [5.74, 6) is 0.532. The van der Waals surface area contributed by atoms with Gasteiger partial charge in [-0.15, -0.1) is 0 Å². The maximum absolute atomic E-state index is 10.6. The van der Waals surface area contributed by atoms with Crippen molar-refractivity contribution in [2.75, 3.05) is 20.3 Å². The highest BCUT2D eigenvalue weighted by Crippen LogP contribution is 2.38. The number of carboxylic acid groups (broad SMARTS) is 1. The highest BCUT2D eigenvalue weighted by Gasteiger charge is 2.20. The number of aryl methyl sites for hydroxylation is 1. The van der Waals surface area contributed by atoms with Crippen molar-refractivity contribution in [1.82, 2.24) is 0 Å². The lowest BCUT2D eigenvalue weighted by atomic mass is 10.0. The fourth-order valence-electron chi connectivity index (χ4n) is 1.96. The van der Waals surface area contributed by atoms with E-state index in [0.717, 1.165) is 11.1 Å². The molecule has 0 radical (unpaired) electrons. The lowest BCUT2D eigenvalue weighted by molar-refractivity contribution is -0.136. The van der Waals surface area contributed by atoms with Crippen molar-refractivity contribution in [3.05, 3.63) is 23.3 Å². The minimum atomic E-state index is -0.818. The molecule has 5 nitrogen and oxygen atoms in total. The molecule has 1 aliphatic rings. The van der Waals surface area contributed by atoms with Crippen LogP contribution in [0, 0.1) is 0 Å². The molecule has 0 aliphatic carbocycles. The SMILES string of the molecule is COCc1ccc(CCC(=O)O)c2c1OCCO2. The molecule has 0 unspecified atom stereocenters. The summed E-state index contributed by atoms with van der Waals surface area (Å²) in [6.07, 6.45) is 0.522. The minimum absolute atomic E-state index is 0.0828. The first-order valence-corrected chi connectivity index (χ1v) is 5.83. The molecular formula is C13H16O5. The summed E-state index contributed by atoms with van der Waals surface area (Å²) in [7, 11) is 1.62. The second-order valence-corrected chi connectivity index (χ2v) is 4.07. The highest BCUT2D eigenvalue weighted by molar-refractivity contribution is 5.67. The maximum Gasteiger partial charge on any atom is 0.303 e. The third-order valence-electron chi connectivity index (χ3n) is 2.76. The Kier molecular flexibility index (Phi) is 4.04. The Morgan fingerprint density at radius 1 is 1.28 bits per heavy atom. The van der Waals surface area contributed by atoms with E-state index >= 15 is 0 Å². The molecule has 2 rings (SSSR count). The van der Waals surface area contributed by atoms with Crippen molar-refractivity contribution in [3.63, 3.8) is 0 Å². The summed E-state index contributed by atoms with van der Waals surface area (Å²) >= 11 is 0. The molecule has 1 heterocycles. The summed E-state index contributed by atoms with van der Waals surface area (Å²) < 4.78 is 16.3. The van der Waals surface area contributed by atoms with Crippen LogP contribution < -0.4 is 9.47 Å². The second kappa shape index (κ2) is 5.73. The highest BCUT2D eigenvalue weighted by atomic mass is 16.6. The Bertz CT molecular complexity index is 441. The Morgan fingerprint density at radius 3 is 2.50 bits per heavy atom. The van der Waals surface area contributed by atoms with Gasteiger partial charge < -0.3 is 19.3 Å². The van der Waals surface area contributed by atoms with E-state index in [4.69, 9.17) is 19.3 Å². The van der Waals surface area contributed by atoms with Crippen molar-refractivity contribution >= 4 is 5.97 Å². The van der Waals surface area contributed by atoms with Gasteiger partial charge in [0.05, 0.1) is 6.61 Å². The van der Waals surface area contributed by atoms with Crippen LogP contribution in [0.3, 0.4) is 0 Å². The minimum Gasteiger partial charge on any atom is -0.486 e. The zero-order valence-corrected chi connectivity index (χ0v) is 10.3. The molecule has 5 heteroatoms. The van der Waals surface area contributed by atoms with Crippen molar-refractivity contribution < 1.29 is 24.1 Å². The average molecular weight is 252 g/mol. The predicted molar refractivity (Wildman–Crippen MR) is 64.1 cm³/mol. The molecular weight excluding hydrogens is 236 g/mol. The Balaban J connectivity index is 2.28. The molecule has 1 aromatic carbocycles. The van der Waals surface area contributed by atoms with E-state index in [0.29, 0.717) is 37.7 Å². The van der Waals surface area contributed by atoms with Gasteiger partial charge in [0.2, 0.25) is 0 Å².